The minimum absolute atomic E-state index is 0.331. The maximum absolute atomic E-state index is 11.4. The van der Waals surface area contributed by atoms with Crippen LogP contribution in [-0.4, -0.2) is 39.9 Å². The molecule has 0 fully saturated rings. The standard InChI is InChI=1S/C10H16N6O/c1-7(5-11)6-15(2)9-4-3-8-12-13-10(17)16(8)14-9/h3-4,7H,5-6,11H2,1-2H3,(H,13,17). The highest BCUT2D eigenvalue weighted by atomic mass is 16.2. The third kappa shape index (κ3) is 2.28. The minimum atomic E-state index is -0.331. The van der Waals surface area contributed by atoms with Gasteiger partial charge in [-0.1, -0.05) is 6.92 Å². The zero-order valence-electron chi connectivity index (χ0n) is 9.92. The second-order valence-electron chi connectivity index (χ2n) is 4.21. The van der Waals surface area contributed by atoms with E-state index in [1.54, 1.807) is 6.07 Å². The molecule has 0 radical (unpaired) electrons. The Morgan fingerprint density at radius 2 is 2.35 bits per heavy atom. The van der Waals surface area contributed by atoms with E-state index in [0.29, 0.717) is 18.1 Å². The Kier molecular flexibility index (Phi) is 3.10. The molecule has 2 aromatic heterocycles. The van der Waals surface area contributed by atoms with Crippen molar-refractivity contribution in [2.24, 2.45) is 11.7 Å². The highest BCUT2D eigenvalue weighted by Gasteiger charge is 2.09. The lowest BCUT2D eigenvalue weighted by Crippen LogP contribution is -2.29. The first kappa shape index (κ1) is 11.6. The summed E-state index contributed by atoms with van der Waals surface area (Å²) in [6.07, 6.45) is 0. The lowest BCUT2D eigenvalue weighted by Gasteiger charge is -2.21. The zero-order valence-corrected chi connectivity index (χ0v) is 9.92. The molecule has 0 amide bonds. The monoisotopic (exact) mass is 236 g/mol. The van der Waals surface area contributed by atoms with Gasteiger partial charge in [-0.3, -0.25) is 0 Å². The predicted molar refractivity (Wildman–Crippen MR) is 65.1 cm³/mol. The molecule has 1 atom stereocenters. The molecule has 2 heterocycles. The molecular formula is C10H16N6O. The fourth-order valence-corrected chi connectivity index (χ4v) is 1.63. The quantitative estimate of drug-likeness (QED) is 0.743. The molecule has 7 heteroatoms. The van der Waals surface area contributed by atoms with Gasteiger partial charge in [-0.25, -0.2) is 9.89 Å². The van der Waals surface area contributed by atoms with Crippen LogP contribution in [0.4, 0.5) is 5.82 Å². The molecular weight excluding hydrogens is 220 g/mol. The molecule has 7 nitrogen and oxygen atoms in total. The summed E-state index contributed by atoms with van der Waals surface area (Å²) < 4.78 is 1.25. The van der Waals surface area contributed by atoms with Gasteiger partial charge in [-0.15, -0.1) is 5.10 Å². The number of hydrogen-bond donors (Lipinski definition) is 2. The van der Waals surface area contributed by atoms with Crippen LogP contribution in [0.25, 0.3) is 5.65 Å². The molecule has 92 valence electrons. The van der Waals surface area contributed by atoms with Crippen molar-refractivity contribution in [2.75, 3.05) is 25.0 Å². The Balaban J connectivity index is 2.29. The van der Waals surface area contributed by atoms with Crippen LogP contribution in [0.3, 0.4) is 0 Å². The van der Waals surface area contributed by atoms with Crippen molar-refractivity contribution in [3.05, 3.63) is 22.6 Å². The number of aromatic nitrogens is 4. The predicted octanol–water partition coefficient (Wildman–Crippen LogP) is -0.551. The van der Waals surface area contributed by atoms with E-state index in [-0.39, 0.29) is 5.69 Å². The first-order valence-electron chi connectivity index (χ1n) is 5.47. The molecule has 0 saturated carbocycles. The number of hydrogen-bond acceptors (Lipinski definition) is 5. The highest BCUT2D eigenvalue weighted by molar-refractivity contribution is 5.44. The number of H-pyrrole nitrogens is 1. The zero-order chi connectivity index (χ0) is 12.4. The van der Waals surface area contributed by atoms with Crippen molar-refractivity contribution in [3.8, 4) is 0 Å². The molecule has 0 aliphatic carbocycles. The number of rotatable bonds is 4. The van der Waals surface area contributed by atoms with Crippen molar-refractivity contribution < 1.29 is 0 Å². The van der Waals surface area contributed by atoms with Gasteiger partial charge in [0.05, 0.1) is 0 Å². The van der Waals surface area contributed by atoms with Crippen LogP contribution in [0.15, 0.2) is 16.9 Å². The van der Waals surface area contributed by atoms with Crippen LogP contribution in [-0.2, 0) is 0 Å². The molecule has 0 aliphatic rings. The summed E-state index contributed by atoms with van der Waals surface area (Å²) in [6, 6.07) is 3.59. The summed E-state index contributed by atoms with van der Waals surface area (Å²) in [7, 11) is 1.92. The van der Waals surface area contributed by atoms with Gasteiger partial charge < -0.3 is 10.6 Å². The van der Waals surface area contributed by atoms with Crippen LogP contribution in [0.1, 0.15) is 6.92 Å². The number of aromatic amines is 1. The molecule has 0 aliphatic heterocycles. The second-order valence-corrected chi connectivity index (χ2v) is 4.21. The minimum Gasteiger partial charge on any atom is -0.358 e. The van der Waals surface area contributed by atoms with Crippen molar-refractivity contribution in [1.29, 1.82) is 0 Å². The fraction of sp³-hybridized carbons (Fsp3) is 0.500. The summed E-state index contributed by atoms with van der Waals surface area (Å²) in [4.78, 5) is 13.3. The molecule has 1 unspecified atom stereocenters. The van der Waals surface area contributed by atoms with Crippen molar-refractivity contribution in [2.45, 2.75) is 6.92 Å². The maximum atomic E-state index is 11.4. The molecule has 2 rings (SSSR count). The third-order valence-electron chi connectivity index (χ3n) is 2.64. The Morgan fingerprint density at radius 1 is 1.59 bits per heavy atom. The Morgan fingerprint density at radius 3 is 3.06 bits per heavy atom. The Labute approximate surface area is 98.2 Å². The van der Waals surface area contributed by atoms with Crippen molar-refractivity contribution in [3.63, 3.8) is 0 Å². The van der Waals surface area contributed by atoms with Crippen LogP contribution >= 0.6 is 0 Å². The van der Waals surface area contributed by atoms with E-state index < -0.39 is 0 Å². The number of nitrogens with one attached hydrogen (secondary N) is 1. The second kappa shape index (κ2) is 4.54. The van der Waals surface area contributed by atoms with Gasteiger partial charge in [0.15, 0.2) is 5.65 Å². The van der Waals surface area contributed by atoms with E-state index >= 15 is 0 Å². The summed E-state index contributed by atoms with van der Waals surface area (Å²) in [6.45, 7) is 3.49. The molecule has 0 aromatic carbocycles. The van der Waals surface area contributed by atoms with Gasteiger partial charge in [0.25, 0.3) is 0 Å². The van der Waals surface area contributed by atoms with Gasteiger partial charge in [0, 0.05) is 13.6 Å². The van der Waals surface area contributed by atoms with E-state index in [1.807, 2.05) is 18.0 Å². The fourth-order valence-electron chi connectivity index (χ4n) is 1.63. The number of anilines is 1. The average Bonchev–Trinajstić information content (AvgIpc) is 2.70. The van der Waals surface area contributed by atoms with Gasteiger partial charge in [-0.2, -0.15) is 9.61 Å². The first-order chi connectivity index (χ1) is 8.11. The molecule has 17 heavy (non-hydrogen) atoms. The van der Waals surface area contributed by atoms with Gasteiger partial charge in [0.1, 0.15) is 5.82 Å². The van der Waals surface area contributed by atoms with Gasteiger partial charge >= 0.3 is 5.69 Å². The lowest BCUT2D eigenvalue weighted by molar-refractivity contribution is 0.585. The van der Waals surface area contributed by atoms with Gasteiger partial charge in [-0.05, 0) is 24.6 Å². The summed E-state index contributed by atoms with van der Waals surface area (Å²) in [5.74, 6) is 1.10. The smallest absolute Gasteiger partial charge is 0.358 e. The number of nitrogens with zero attached hydrogens (tertiary/aromatic N) is 4. The van der Waals surface area contributed by atoms with Crippen LogP contribution in [0.2, 0.25) is 0 Å². The van der Waals surface area contributed by atoms with Crippen LogP contribution in [0.5, 0.6) is 0 Å². The number of fused-ring (bicyclic) bond motifs is 1. The highest BCUT2D eigenvalue weighted by Crippen LogP contribution is 2.09. The first-order valence-corrected chi connectivity index (χ1v) is 5.47. The van der Waals surface area contributed by atoms with E-state index in [9.17, 15) is 4.79 Å². The van der Waals surface area contributed by atoms with E-state index in [4.69, 9.17) is 5.73 Å². The Hall–Kier alpha value is -1.89. The van der Waals surface area contributed by atoms with Crippen LogP contribution < -0.4 is 16.3 Å². The molecule has 3 N–H and O–H groups in total. The normalized spacial score (nSPS) is 12.9. The van der Waals surface area contributed by atoms with E-state index in [1.165, 1.54) is 4.52 Å². The number of nitrogens with two attached hydrogens (primary N) is 1. The lowest BCUT2D eigenvalue weighted by atomic mass is 10.2. The van der Waals surface area contributed by atoms with Crippen molar-refractivity contribution >= 4 is 11.5 Å². The average molecular weight is 236 g/mol. The van der Waals surface area contributed by atoms with Gasteiger partial charge in [0.2, 0.25) is 0 Å². The SMILES string of the molecule is CC(CN)CN(C)c1ccc2n[nH]c(=O)n2n1. The van der Waals surface area contributed by atoms with Crippen LogP contribution in [0, 0.1) is 5.92 Å². The molecule has 0 spiro atoms. The summed E-state index contributed by atoms with van der Waals surface area (Å²) in [5, 5.41) is 10.4. The summed E-state index contributed by atoms with van der Waals surface area (Å²) >= 11 is 0. The molecule has 0 saturated heterocycles. The maximum Gasteiger partial charge on any atom is 0.364 e. The third-order valence-corrected chi connectivity index (χ3v) is 2.64. The largest absolute Gasteiger partial charge is 0.364 e. The topological polar surface area (TPSA) is 92.3 Å². The van der Waals surface area contributed by atoms with Crippen molar-refractivity contribution in [1.82, 2.24) is 19.8 Å². The Bertz CT molecular complexity index is 559. The van der Waals surface area contributed by atoms with E-state index in [2.05, 4.69) is 22.2 Å². The summed E-state index contributed by atoms with van der Waals surface area (Å²) in [5.41, 5.74) is 5.76. The molecule has 2 aromatic rings. The molecule has 0 bridgehead atoms. The van der Waals surface area contributed by atoms with E-state index in [0.717, 1.165) is 12.4 Å².